The van der Waals surface area contributed by atoms with E-state index in [1.165, 1.54) is 18.2 Å². The van der Waals surface area contributed by atoms with E-state index in [4.69, 9.17) is 5.11 Å². The van der Waals surface area contributed by atoms with E-state index in [-0.39, 0.29) is 24.3 Å². The Bertz CT molecular complexity index is 630. The number of nitrogens with zero attached hydrogens (tertiary/aromatic N) is 1. The van der Waals surface area contributed by atoms with Gasteiger partial charge >= 0.3 is 12.0 Å². The summed E-state index contributed by atoms with van der Waals surface area (Å²) in [6.45, 7) is -0.477. The van der Waals surface area contributed by atoms with E-state index in [1.54, 1.807) is 0 Å². The van der Waals surface area contributed by atoms with Gasteiger partial charge in [0.1, 0.15) is 13.1 Å². The van der Waals surface area contributed by atoms with Crippen LogP contribution < -0.4 is 10.6 Å². The van der Waals surface area contributed by atoms with Crippen molar-refractivity contribution in [1.29, 1.82) is 0 Å². The van der Waals surface area contributed by atoms with Crippen LogP contribution >= 0.6 is 15.9 Å². The number of nitrogens with one attached hydrogen (secondary N) is 2. The van der Waals surface area contributed by atoms with Gasteiger partial charge in [-0.15, -0.1) is 0 Å². The van der Waals surface area contributed by atoms with E-state index in [2.05, 4.69) is 26.6 Å². The van der Waals surface area contributed by atoms with Gasteiger partial charge in [-0.2, -0.15) is 0 Å². The average Bonchev–Trinajstić information content (AvgIpc) is 2.36. The Morgan fingerprint density at radius 3 is 2.38 bits per heavy atom. The van der Waals surface area contributed by atoms with Gasteiger partial charge in [-0.3, -0.25) is 14.9 Å². The van der Waals surface area contributed by atoms with Crippen molar-refractivity contribution in [2.24, 2.45) is 0 Å². The van der Waals surface area contributed by atoms with Gasteiger partial charge in [-0.1, -0.05) is 15.9 Å². The number of carboxylic acids is 1. The van der Waals surface area contributed by atoms with Gasteiger partial charge in [-0.25, -0.2) is 9.59 Å². The zero-order chi connectivity index (χ0) is 15.6. The molecule has 1 aromatic rings. The van der Waals surface area contributed by atoms with E-state index in [0.717, 1.165) is 4.90 Å². The number of imide groups is 1. The summed E-state index contributed by atoms with van der Waals surface area (Å²) in [5.41, 5.74) is 0.234. The van der Waals surface area contributed by atoms with Crippen LogP contribution in [0.2, 0.25) is 0 Å². The summed E-state index contributed by atoms with van der Waals surface area (Å²) in [6.07, 6.45) is 0. The first-order valence-electron chi connectivity index (χ1n) is 5.77. The number of hydrogen-bond donors (Lipinski definition) is 3. The van der Waals surface area contributed by atoms with E-state index in [1.807, 2.05) is 0 Å². The molecule has 0 spiro atoms. The third-order valence-corrected chi connectivity index (χ3v) is 3.09. The molecule has 0 unspecified atom stereocenters. The van der Waals surface area contributed by atoms with Crippen LogP contribution in [0.15, 0.2) is 22.7 Å². The van der Waals surface area contributed by atoms with Crippen molar-refractivity contribution in [3.63, 3.8) is 0 Å². The van der Waals surface area contributed by atoms with Gasteiger partial charge in [-0.05, 0) is 18.2 Å². The highest BCUT2D eigenvalue weighted by Crippen LogP contribution is 2.20. The molecule has 8 nitrogen and oxygen atoms in total. The lowest BCUT2D eigenvalue weighted by Crippen LogP contribution is -2.54. The number of aromatic carboxylic acids is 1. The third kappa shape index (κ3) is 3.78. The first-order chi connectivity index (χ1) is 9.85. The number of anilines is 1. The fourth-order valence-corrected chi connectivity index (χ4v) is 2.26. The van der Waals surface area contributed by atoms with Crippen LogP contribution in [0, 0.1) is 0 Å². The second-order valence-electron chi connectivity index (χ2n) is 4.29. The van der Waals surface area contributed by atoms with Crippen molar-refractivity contribution >= 4 is 45.4 Å². The zero-order valence-electron chi connectivity index (χ0n) is 10.6. The Labute approximate surface area is 127 Å². The molecule has 4 amide bonds. The van der Waals surface area contributed by atoms with Crippen molar-refractivity contribution in [1.82, 2.24) is 10.2 Å². The van der Waals surface area contributed by atoms with Crippen molar-refractivity contribution < 1.29 is 24.3 Å². The first-order valence-corrected chi connectivity index (χ1v) is 6.57. The predicted molar refractivity (Wildman–Crippen MR) is 74.8 cm³/mol. The second kappa shape index (κ2) is 5.92. The molecular weight excluding hydrogens is 346 g/mol. The molecule has 0 aromatic heterocycles. The Balaban J connectivity index is 2.14. The molecule has 1 aliphatic heterocycles. The minimum absolute atomic E-state index is 0.00728. The van der Waals surface area contributed by atoms with Crippen molar-refractivity contribution in [3.8, 4) is 0 Å². The third-order valence-electron chi connectivity index (χ3n) is 2.63. The van der Waals surface area contributed by atoms with Crippen LogP contribution in [-0.4, -0.2) is 46.9 Å². The summed E-state index contributed by atoms with van der Waals surface area (Å²) in [5, 5.41) is 13.5. The molecule has 1 heterocycles. The number of hydrogen-bond acceptors (Lipinski definition) is 4. The molecule has 2 rings (SSSR count). The maximum absolute atomic E-state index is 12.0. The topological polar surface area (TPSA) is 116 Å². The number of urea groups is 1. The molecule has 0 atom stereocenters. The van der Waals surface area contributed by atoms with E-state index in [0.29, 0.717) is 4.47 Å². The molecule has 0 bridgehead atoms. The number of carbonyl (C=O) groups excluding carboxylic acids is 3. The summed E-state index contributed by atoms with van der Waals surface area (Å²) in [6, 6.07) is 3.51. The molecular formula is C12H10BrN3O5. The minimum atomic E-state index is -1.14. The normalized spacial score (nSPS) is 14.6. The number of halogens is 1. The predicted octanol–water partition coefficient (Wildman–Crippen LogP) is 0.638. The highest BCUT2D eigenvalue weighted by molar-refractivity contribution is 9.10. The smallest absolute Gasteiger partial charge is 0.335 e. The van der Waals surface area contributed by atoms with E-state index >= 15 is 0 Å². The van der Waals surface area contributed by atoms with E-state index < -0.39 is 23.8 Å². The first kappa shape index (κ1) is 15.0. The van der Waals surface area contributed by atoms with Crippen molar-refractivity contribution in [2.45, 2.75) is 0 Å². The summed E-state index contributed by atoms with van der Waals surface area (Å²) in [7, 11) is 0. The van der Waals surface area contributed by atoms with Crippen LogP contribution in [0.1, 0.15) is 10.4 Å². The fourth-order valence-electron chi connectivity index (χ4n) is 1.77. The second-order valence-corrected chi connectivity index (χ2v) is 5.21. The van der Waals surface area contributed by atoms with Crippen molar-refractivity contribution in [2.75, 3.05) is 18.4 Å². The monoisotopic (exact) mass is 355 g/mol. The van der Waals surface area contributed by atoms with Gasteiger partial charge < -0.3 is 15.3 Å². The summed E-state index contributed by atoms with van der Waals surface area (Å²) < 4.78 is 0.477. The number of carbonyl (C=O) groups is 4. The molecule has 9 heteroatoms. The summed E-state index contributed by atoms with van der Waals surface area (Å²) in [4.78, 5) is 46.3. The Morgan fingerprint density at radius 2 is 1.81 bits per heavy atom. The van der Waals surface area contributed by atoms with Crippen LogP contribution in [-0.2, 0) is 9.59 Å². The molecule has 1 aliphatic rings. The number of carboxylic acid groups (broad SMARTS) is 1. The SMILES string of the molecule is O=C1CN(C(=O)Nc2cc(Br)cc(C(=O)O)c2)CC(=O)N1. The molecule has 1 aromatic carbocycles. The molecule has 3 N–H and O–H groups in total. The summed E-state index contributed by atoms with van der Waals surface area (Å²) >= 11 is 3.14. The molecule has 0 aliphatic carbocycles. The Kier molecular flexibility index (Phi) is 4.22. The summed E-state index contributed by atoms with van der Waals surface area (Å²) in [5.74, 6) is -2.27. The lowest BCUT2D eigenvalue weighted by molar-refractivity contribution is -0.134. The van der Waals surface area contributed by atoms with Gasteiger partial charge in [0.15, 0.2) is 0 Å². The largest absolute Gasteiger partial charge is 0.478 e. The van der Waals surface area contributed by atoms with Crippen LogP contribution in [0.4, 0.5) is 10.5 Å². The molecule has 0 saturated carbocycles. The maximum atomic E-state index is 12.0. The number of rotatable bonds is 2. The van der Waals surface area contributed by atoms with Gasteiger partial charge in [0.25, 0.3) is 0 Å². The van der Waals surface area contributed by atoms with Crippen LogP contribution in [0.5, 0.6) is 0 Å². The average molecular weight is 356 g/mol. The molecule has 110 valence electrons. The highest BCUT2D eigenvalue weighted by Gasteiger charge is 2.26. The quantitative estimate of drug-likeness (QED) is 0.673. The van der Waals surface area contributed by atoms with Gasteiger partial charge in [0.2, 0.25) is 11.8 Å². The fraction of sp³-hybridized carbons (Fsp3) is 0.167. The molecule has 1 fully saturated rings. The minimum Gasteiger partial charge on any atom is -0.478 e. The van der Waals surface area contributed by atoms with Crippen molar-refractivity contribution in [3.05, 3.63) is 28.2 Å². The highest BCUT2D eigenvalue weighted by atomic mass is 79.9. The maximum Gasteiger partial charge on any atom is 0.335 e. The Morgan fingerprint density at radius 1 is 1.19 bits per heavy atom. The van der Waals surface area contributed by atoms with Crippen LogP contribution in [0.25, 0.3) is 0 Å². The standard InChI is InChI=1S/C12H10BrN3O5/c13-7-1-6(11(19)20)2-8(3-7)14-12(21)16-4-9(17)15-10(18)5-16/h1-3H,4-5H2,(H,14,21)(H,19,20)(H,15,17,18). The number of piperazine rings is 1. The lowest BCUT2D eigenvalue weighted by atomic mass is 10.2. The number of amides is 4. The van der Waals surface area contributed by atoms with E-state index in [9.17, 15) is 19.2 Å². The zero-order valence-corrected chi connectivity index (χ0v) is 12.1. The van der Waals surface area contributed by atoms with Crippen LogP contribution in [0.3, 0.4) is 0 Å². The lowest BCUT2D eigenvalue weighted by Gasteiger charge is -2.25. The molecule has 0 radical (unpaired) electrons. The Hall–Kier alpha value is -2.42. The molecule has 1 saturated heterocycles. The number of benzene rings is 1. The molecule has 21 heavy (non-hydrogen) atoms. The van der Waals surface area contributed by atoms with Gasteiger partial charge in [0, 0.05) is 10.2 Å². The van der Waals surface area contributed by atoms with Gasteiger partial charge in [0.05, 0.1) is 5.56 Å².